The van der Waals surface area contributed by atoms with E-state index in [1.165, 1.54) is 5.39 Å². The molecular weight excluding hydrogens is 375 g/mol. The molecule has 0 radical (unpaired) electrons. The van der Waals surface area contributed by atoms with Gasteiger partial charge in [0, 0.05) is 20.7 Å². The summed E-state index contributed by atoms with van der Waals surface area (Å²) in [6.45, 7) is 0.302. The Morgan fingerprint density at radius 3 is 2.67 bits per heavy atom. The maximum Gasteiger partial charge on any atom is 0.290 e. The second-order valence-corrected chi connectivity index (χ2v) is 6.05. The maximum atomic E-state index is 12.1. The van der Waals surface area contributed by atoms with Crippen LogP contribution >= 0.6 is 22.6 Å². The van der Waals surface area contributed by atoms with Crippen LogP contribution in [-0.2, 0) is 11.3 Å². The highest BCUT2D eigenvalue weighted by Gasteiger charge is 2.10. The number of pyridine rings is 1. The highest BCUT2D eigenvalue weighted by molar-refractivity contribution is 14.1. The number of halogens is 1. The second kappa shape index (κ2) is 6.22. The molecule has 0 unspecified atom stereocenters. The molecule has 1 amide bonds. The Balaban J connectivity index is 1.74. The van der Waals surface area contributed by atoms with Crippen molar-refractivity contribution >= 4 is 45.0 Å². The van der Waals surface area contributed by atoms with Crippen molar-refractivity contribution in [3.8, 4) is 0 Å². The van der Waals surface area contributed by atoms with Crippen LogP contribution in [0, 0.1) is 3.57 Å². The molecule has 3 aromatic rings. The summed E-state index contributed by atoms with van der Waals surface area (Å²) in [5, 5.41) is 5.21. The first kappa shape index (κ1) is 14.0. The number of rotatable bonds is 3. The Morgan fingerprint density at radius 2 is 1.86 bits per heavy atom. The van der Waals surface area contributed by atoms with E-state index in [-0.39, 0.29) is 5.91 Å². The molecule has 0 atom stereocenters. The number of hydrogen-bond donors (Lipinski definition) is 1. The van der Waals surface area contributed by atoms with Gasteiger partial charge in [-0.3, -0.25) is 4.79 Å². The minimum atomic E-state index is -0.0303. The van der Waals surface area contributed by atoms with Crippen LogP contribution in [0.2, 0.25) is 0 Å². The number of aromatic nitrogens is 1. The molecule has 104 valence electrons. The highest BCUT2D eigenvalue weighted by atomic mass is 127. The number of amides is 1. The number of nitrogens with one attached hydrogen (secondary N) is 1. The monoisotopic (exact) mass is 389 g/mol. The van der Waals surface area contributed by atoms with E-state index in [4.69, 9.17) is 0 Å². The Kier molecular flexibility index (Phi) is 4.15. The average molecular weight is 389 g/mol. The van der Waals surface area contributed by atoms with Crippen molar-refractivity contribution in [1.29, 1.82) is 0 Å². The molecule has 0 aliphatic heterocycles. The molecule has 21 heavy (non-hydrogen) atoms. The van der Waals surface area contributed by atoms with Crippen molar-refractivity contribution in [2.45, 2.75) is 6.54 Å². The first-order valence-corrected chi connectivity index (χ1v) is 7.72. The fourth-order valence-electron chi connectivity index (χ4n) is 2.21. The number of nitrogens with zero attached hydrogens (tertiary/aromatic N) is 1. The van der Waals surface area contributed by atoms with Gasteiger partial charge in [0.15, 0.2) is 12.4 Å². The molecule has 2 aromatic carbocycles. The number of hydrogen-bond acceptors (Lipinski definition) is 1. The summed E-state index contributed by atoms with van der Waals surface area (Å²) in [4.78, 5) is 12.1. The van der Waals surface area contributed by atoms with Gasteiger partial charge in [0.2, 0.25) is 6.54 Å². The third kappa shape index (κ3) is 3.58. The van der Waals surface area contributed by atoms with Crippen LogP contribution in [0.4, 0.5) is 5.69 Å². The summed E-state index contributed by atoms with van der Waals surface area (Å²) in [5.74, 6) is -0.0303. The summed E-state index contributed by atoms with van der Waals surface area (Å²) in [5.41, 5.74) is 0.827. The SMILES string of the molecule is O=C(C[n+]1ccc2ccccc2c1)Nc1cccc(I)c1. The van der Waals surface area contributed by atoms with Gasteiger partial charge in [-0.05, 0) is 52.2 Å². The van der Waals surface area contributed by atoms with Crippen LogP contribution in [0.15, 0.2) is 67.0 Å². The van der Waals surface area contributed by atoms with E-state index in [9.17, 15) is 4.79 Å². The molecule has 3 rings (SSSR count). The Morgan fingerprint density at radius 1 is 1.05 bits per heavy atom. The lowest BCUT2D eigenvalue weighted by atomic mass is 10.2. The Bertz CT molecular complexity index is 801. The molecule has 0 bridgehead atoms. The summed E-state index contributed by atoms with van der Waals surface area (Å²) in [7, 11) is 0. The zero-order valence-corrected chi connectivity index (χ0v) is 13.4. The van der Waals surface area contributed by atoms with Crippen LogP contribution in [0.5, 0.6) is 0 Å². The third-order valence-electron chi connectivity index (χ3n) is 3.18. The molecule has 0 aliphatic rings. The molecule has 1 heterocycles. The van der Waals surface area contributed by atoms with Crippen LogP contribution in [0.25, 0.3) is 10.8 Å². The van der Waals surface area contributed by atoms with Crippen LogP contribution in [0.3, 0.4) is 0 Å². The highest BCUT2D eigenvalue weighted by Crippen LogP contribution is 2.12. The lowest BCUT2D eigenvalue weighted by Crippen LogP contribution is -2.39. The smallest absolute Gasteiger partial charge is 0.290 e. The molecular formula is C17H14IN2O+. The Labute approximate surface area is 136 Å². The number of carbonyl (C=O) groups is 1. The quantitative estimate of drug-likeness (QED) is 0.541. The molecule has 0 aliphatic carbocycles. The summed E-state index contributed by atoms with van der Waals surface area (Å²) >= 11 is 2.23. The molecule has 0 saturated heterocycles. The molecule has 1 aromatic heterocycles. The molecule has 0 saturated carbocycles. The van der Waals surface area contributed by atoms with Crippen molar-refractivity contribution in [2.75, 3.05) is 5.32 Å². The molecule has 0 fully saturated rings. The minimum Gasteiger partial charge on any atom is -0.321 e. The standard InChI is InChI=1S/C17H13IN2O/c18-15-6-3-7-16(10-15)19-17(21)12-20-9-8-13-4-1-2-5-14(13)11-20/h1-11H,12H2/p+1. The summed E-state index contributed by atoms with van der Waals surface area (Å²) in [6, 6.07) is 17.9. The second-order valence-electron chi connectivity index (χ2n) is 4.80. The van der Waals surface area contributed by atoms with Gasteiger partial charge in [0.25, 0.3) is 5.91 Å². The molecule has 0 spiro atoms. The van der Waals surface area contributed by atoms with Gasteiger partial charge >= 0.3 is 0 Å². The van der Waals surface area contributed by atoms with E-state index in [1.54, 1.807) is 0 Å². The molecule has 3 nitrogen and oxygen atoms in total. The van der Waals surface area contributed by atoms with Gasteiger partial charge in [-0.2, -0.15) is 4.57 Å². The largest absolute Gasteiger partial charge is 0.321 e. The summed E-state index contributed by atoms with van der Waals surface area (Å²) < 4.78 is 3.00. The minimum absolute atomic E-state index is 0.0303. The zero-order valence-electron chi connectivity index (χ0n) is 11.3. The first-order valence-electron chi connectivity index (χ1n) is 6.64. The van der Waals surface area contributed by atoms with Gasteiger partial charge in [-0.25, -0.2) is 0 Å². The Hall–Kier alpha value is -1.95. The predicted octanol–water partition coefficient (Wildman–Crippen LogP) is 3.37. The predicted molar refractivity (Wildman–Crippen MR) is 91.9 cm³/mol. The van der Waals surface area contributed by atoms with E-state index in [2.05, 4.69) is 34.0 Å². The fourth-order valence-corrected chi connectivity index (χ4v) is 2.75. The topological polar surface area (TPSA) is 33.0 Å². The van der Waals surface area contributed by atoms with E-state index < -0.39 is 0 Å². The number of fused-ring (bicyclic) bond motifs is 1. The van der Waals surface area contributed by atoms with Gasteiger partial charge in [-0.15, -0.1) is 0 Å². The zero-order chi connectivity index (χ0) is 14.7. The van der Waals surface area contributed by atoms with E-state index >= 15 is 0 Å². The van der Waals surface area contributed by atoms with Crippen molar-refractivity contribution in [2.24, 2.45) is 0 Å². The number of benzene rings is 2. The van der Waals surface area contributed by atoms with Crippen molar-refractivity contribution in [3.63, 3.8) is 0 Å². The van der Waals surface area contributed by atoms with Crippen molar-refractivity contribution in [3.05, 3.63) is 70.6 Å². The van der Waals surface area contributed by atoms with Gasteiger partial charge in [-0.1, -0.05) is 24.3 Å². The normalized spacial score (nSPS) is 10.5. The first-order chi connectivity index (χ1) is 10.2. The van der Waals surface area contributed by atoms with Crippen LogP contribution in [-0.4, -0.2) is 5.91 Å². The number of anilines is 1. The lowest BCUT2D eigenvalue weighted by Gasteiger charge is -2.04. The molecule has 1 N–H and O–H groups in total. The van der Waals surface area contributed by atoms with E-state index in [0.29, 0.717) is 6.54 Å². The van der Waals surface area contributed by atoms with E-state index in [0.717, 1.165) is 14.6 Å². The van der Waals surface area contributed by atoms with Gasteiger partial charge < -0.3 is 5.32 Å². The fraction of sp³-hybridized carbons (Fsp3) is 0.0588. The lowest BCUT2D eigenvalue weighted by molar-refractivity contribution is -0.682. The van der Waals surface area contributed by atoms with Crippen LogP contribution < -0.4 is 9.88 Å². The number of carbonyl (C=O) groups excluding carboxylic acids is 1. The van der Waals surface area contributed by atoms with Crippen LogP contribution in [0.1, 0.15) is 0 Å². The van der Waals surface area contributed by atoms with Gasteiger partial charge in [0.1, 0.15) is 0 Å². The van der Waals surface area contributed by atoms with E-state index in [1.807, 2.05) is 65.5 Å². The third-order valence-corrected chi connectivity index (χ3v) is 3.85. The van der Waals surface area contributed by atoms with Crippen molar-refractivity contribution < 1.29 is 9.36 Å². The summed E-state index contributed by atoms with van der Waals surface area (Å²) in [6.07, 6.45) is 3.92. The maximum absolute atomic E-state index is 12.1. The average Bonchev–Trinajstić information content (AvgIpc) is 2.47. The van der Waals surface area contributed by atoms with Crippen molar-refractivity contribution in [1.82, 2.24) is 0 Å². The van der Waals surface area contributed by atoms with Gasteiger partial charge in [0.05, 0.1) is 0 Å². The molecule has 4 heteroatoms.